The molecule has 0 radical (unpaired) electrons. The van der Waals surface area contributed by atoms with Crippen LogP contribution in [0.15, 0.2) is 24.3 Å². The molecule has 1 N–H and O–H groups in total. The van der Waals surface area contributed by atoms with Gasteiger partial charge < -0.3 is 5.32 Å². The largest absolute Gasteiger partial charge is 0.416 e. The van der Waals surface area contributed by atoms with Gasteiger partial charge in [0.25, 0.3) is 0 Å². The van der Waals surface area contributed by atoms with Gasteiger partial charge in [0.2, 0.25) is 11.8 Å². The number of hydrogen-bond donors (Lipinski definition) is 1. The Kier molecular flexibility index (Phi) is 3.21. The molecule has 7 heteroatoms. The number of alkyl halides is 3. The Bertz CT molecular complexity index is 528. The maximum absolute atomic E-state index is 12.6. The fourth-order valence-corrected chi connectivity index (χ4v) is 1.93. The predicted octanol–water partition coefficient (Wildman–Crippen LogP) is 1.56. The number of piperazine rings is 1. The minimum Gasteiger partial charge on any atom is -0.345 e. The second-order valence-corrected chi connectivity index (χ2v) is 4.21. The zero-order chi connectivity index (χ0) is 14.2. The van der Waals surface area contributed by atoms with Gasteiger partial charge in [-0.2, -0.15) is 13.2 Å². The summed E-state index contributed by atoms with van der Waals surface area (Å²) in [5.74, 6) is -0.830. The van der Waals surface area contributed by atoms with Crippen LogP contribution in [0.1, 0.15) is 12.5 Å². The van der Waals surface area contributed by atoms with Gasteiger partial charge in [0.15, 0.2) is 0 Å². The number of rotatable bonds is 1. The van der Waals surface area contributed by atoms with Gasteiger partial charge >= 0.3 is 6.18 Å². The Morgan fingerprint density at radius 3 is 2.63 bits per heavy atom. The van der Waals surface area contributed by atoms with E-state index in [9.17, 15) is 22.8 Å². The number of nitrogens with one attached hydrogen (secondary N) is 1. The zero-order valence-electron chi connectivity index (χ0n) is 9.99. The van der Waals surface area contributed by atoms with E-state index in [1.54, 1.807) is 0 Å². The molecule has 1 aromatic carbocycles. The SMILES string of the molecule is CC1C(=O)NCC(=O)N1c1cccc(C(F)(F)F)c1. The molecule has 4 nitrogen and oxygen atoms in total. The van der Waals surface area contributed by atoms with Crippen LogP contribution in [0.2, 0.25) is 0 Å². The van der Waals surface area contributed by atoms with Crippen LogP contribution in [0.3, 0.4) is 0 Å². The predicted molar refractivity (Wildman–Crippen MR) is 61.4 cm³/mol. The first kappa shape index (κ1) is 13.4. The van der Waals surface area contributed by atoms with E-state index < -0.39 is 29.6 Å². The van der Waals surface area contributed by atoms with Gasteiger partial charge in [0, 0.05) is 5.69 Å². The number of halogens is 3. The normalized spacial score (nSPS) is 20.4. The molecule has 1 saturated heterocycles. The Labute approximate surface area is 107 Å². The van der Waals surface area contributed by atoms with Crippen molar-refractivity contribution in [1.82, 2.24) is 5.32 Å². The van der Waals surface area contributed by atoms with Crippen molar-refractivity contribution in [1.29, 1.82) is 0 Å². The molecular formula is C12H11F3N2O2. The average Bonchev–Trinajstić information content (AvgIpc) is 2.34. The first-order valence-corrected chi connectivity index (χ1v) is 5.58. The molecule has 0 saturated carbocycles. The molecule has 2 amide bonds. The third kappa shape index (κ3) is 2.54. The van der Waals surface area contributed by atoms with Gasteiger partial charge in [0.05, 0.1) is 12.1 Å². The summed E-state index contributed by atoms with van der Waals surface area (Å²) in [6, 6.07) is 3.55. The van der Waals surface area contributed by atoms with Crippen LogP contribution < -0.4 is 10.2 Å². The standard InChI is InChI=1S/C12H11F3N2O2/c1-7-11(19)16-6-10(18)17(7)9-4-2-3-8(5-9)12(13,14)15/h2-5,7H,6H2,1H3,(H,16,19). The summed E-state index contributed by atoms with van der Waals surface area (Å²) < 4.78 is 37.9. The first-order valence-electron chi connectivity index (χ1n) is 5.58. The number of carbonyl (C=O) groups is 2. The van der Waals surface area contributed by atoms with Crippen molar-refractivity contribution >= 4 is 17.5 Å². The Morgan fingerprint density at radius 1 is 1.32 bits per heavy atom. The van der Waals surface area contributed by atoms with Gasteiger partial charge in [-0.3, -0.25) is 14.5 Å². The Balaban J connectivity index is 2.40. The fraction of sp³-hybridized carbons (Fsp3) is 0.333. The molecule has 1 aromatic rings. The van der Waals surface area contributed by atoms with E-state index >= 15 is 0 Å². The summed E-state index contributed by atoms with van der Waals surface area (Å²) in [5, 5.41) is 2.37. The zero-order valence-corrected chi connectivity index (χ0v) is 9.99. The lowest BCUT2D eigenvalue weighted by Gasteiger charge is -2.33. The molecular weight excluding hydrogens is 261 g/mol. The Hall–Kier alpha value is -2.05. The second-order valence-electron chi connectivity index (χ2n) is 4.21. The molecule has 1 unspecified atom stereocenters. The van der Waals surface area contributed by atoms with Gasteiger partial charge in [0.1, 0.15) is 6.04 Å². The van der Waals surface area contributed by atoms with E-state index in [2.05, 4.69) is 5.32 Å². The lowest BCUT2D eigenvalue weighted by molar-refractivity contribution is -0.137. The van der Waals surface area contributed by atoms with Crippen molar-refractivity contribution in [3.8, 4) is 0 Å². The number of anilines is 1. The van der Waals surface area contributed by atoms with Crippen molar-refractivity contribution in [2.45, 2.75) is 19.1 Å². The molecule has 1 aliphatic rings. The van der Waals surface area contributed by atoms with Gasteiger partial charge in [-0.15, -0.1) is 0 Å². The van der Waals surface area contributed by atoms with E-state index in [0.29, 0.717) is 0 Å². The van der Waals surface area contributed by atoms with Crippen molar-refractivity contribution in [3.05, 3.63) is 29.8 Å². The molecule has 19 heavy (non-hydrogen) atoms. The number of carbonyl (C=O) groups excluding carboxylic acids is 2. The monoisotopic (exact) mass is 272 g/mol. The molecule has 0 aliphatic carbocycles. The highest BCUT2D eigenvalue weighted by Crippen LogP contribution is 2.32. The third-order valence-electron chi connectivity index (χ3n) is 2.90. The number of nitrogens with zero attached hydrogens (tertiary/aromatic N) is 1. The van der Waals surface area contributed by atoms with Crippen LogP contribution in [0, 0.1) is 0 Å². The van der Waals surface area contributed by atoms with Crippen LogP contribution in [0.25, 0.3) is 0 Å². The maximum Gasteiger partial charge on any atom is 0.416 e. The highest BCUT2D eigenvalue weighted by atomic mass is 19.4. The Morgan fingerprint density at radius 2 is 2.00 bits per heavy atom. The fourth-order valence-electron chi connectivity index (χ4n) is 1.93. The molecule has 1 atom stereocenters. The summed E-state index contributed by atoms with van der Waals surface area (Å²) >= 11 is 0. The minimum absolute atomic E-state index is 0.0715. The van der Waals surface area contributed by atoms with Crippen molar-refractivity contribution in [2.75, 3.05) is 11.4 Å². The summed E-state index contributed by atoms with van der Waals surface area (Å²) in [7, 11) is 0. The molecule has 0 bridgehead atoms. The topological polar surface area (TPSA) is 49.4 Å². The van der Waals surface area contributed by atoms with Gasteiger partial charge in [-0.1, -0.05) is 6.07 Å². The highest BCUT2D eigenvalue weighted by molar-refractivity contribution is 6.06. The second kappa shape index (κ2) is 4.56. The molecule has 0 aromatic heterocycles. The summed E-state index contributed by atoms with van der Waals surface area (Å²) in [4.78, 5) is 24.3. The highest BCUT2D eigenvalue weighted by Gasteiger charge is 2.35. The molecule has 2 rings (SSSR count). The number of hydrogen-bond acceptors (Lipinski definition) is 2. The summed E-state index contributed by atoms with van der Waals surface area (Å²) in [6.07, 6.45) is -4.49. The lowest BCUT2D eigenvalue weighted by atomic mass is 10.1. The van der Waals surface area contributed by atoms with E-state index in [0.717, 1.165) is 17.0 Å². The summed E-state index contributed by atoms with van der Waals surface area (Å²) in [6.45, 7) is 1.26. The van der Waals surface area contributed by atoms with Gasteiger partial charge in [-0.25, -0.2) is 0 Å². The van der Waals surface area contributed by atoms with E-state index in [4.69, 9.17) is 0 Å². The minimum atomic E-state index is -4.49. The van der Waals surface area contributed by atoms with Crippen LogP contribution >= 0.6 is 0 Å². The van der Waals surface area contributed by atoms with Crippen LogP contribution in [0.5, 0.6) is 0 Å². The maximum atomic E-state index is 12.6. The molecule has 0 spiro atoms. The van der Waals surface area contributed by atoms with E-state index in [1.165, 1.54) is 19.1 Å². The van der Waals surface area contributed by atoms with Crippen molar-refractivity contribution in [3.63, 3.8) is 0 Å². The van der Waals surface area contributed by atoms with E-state index in [-0.39, 0.29) is 12.2 Å². The first-order chi connectivity index (χ1) is 8.80. The smallest absolute Gasteiger partial charge is 0.345 e. The van der Waals surface area contributed by atoms with Crippen LogP contribution in [-0.2, 0) is 15.8 Å². The van der Waals surface area contributed by atoms with Gasteiger partial charge in [-0.05, 0) is 25.1 Å². The number of amides is 2. The average molecular weight is 272 g/mol. The van der Waals surface area contributed by atoms with Crippen LogP contribution in [0.4, 0.5) is 18.9 Å². The third-order valence-corrected chi connectivity index (χ3v) is 2.90. The van der Waals surface area contributed by atoms with Crippen LogP contribution in [-0.4, -0.2) is 24.4 Å². The molecule has 1 fully saturated rings. The molecule has 1 aliphatic heterocycles. The number of benzene rings is 1. The molecule has 1 heterocycles. The van der Waals surface area contributed by atoms with Crippen molar-refractivity contribution < 1.29 is 22.8 Å². The quantitative estimate of drug-likeness (QED) is 0.843. The molecule has 102 valence electrons. The van der Waals surface area contributed by atoms with E-state index in [1.807, 2.05) is 0 Å². The summed E-state index contributed by atoms with van der Waals surface area (Å²) in [5.41, 5.74) is -0.779. The van der Waals surface area contributed by atoms with Crippen molar-refractivity contribution in [2.24, 2.45) is 0 Å². The lowest BCUT2D eigenvalue weighted by Crippen LogP contribution is -2.57.